The van der Waals surface area contributed by atoms with Crippen molar-refractivity contribution >= 4 is 11.2 Å². The first-order valence-corrected chi connectivity index (χ1v) is 7.53. The molecular weight excluding hydrogens is 298 g/mol. The van der Waals surface area contributed by atoms with Gasteiger partial charge in [-0.05, 0) is 17.7 Å². The van der Waals surface area contributed by atoms with Crippen LogP contribution in [0.3, 0.4) is 0 Å². The van der Waals surface area contributed by atoms with Gasteiger partial charge in [-0.15, -0.1) is 5.10 Å². The molecule has 1 aliphatic heterocycles. The number of benzene rings is 1. The number of nitriles is 1. The molecule has 0 N–H and O–H groups in total. The second-order valence-electron chi connectivity index (χ2n) is 4.62. The van der Waals surface area contributed by atoms with Gasteiger partial charge in [-0.1, -0.05) is 12.1 Å². The van der Waals surface area contributed by atoms with Gasteiger partial charge < -0.3 is 4.55 Å². The lowest BCUT2D eigenvalue weighted by Crippen LogP contribution is -2.11. The molecule has 3 atom stereocenters. The zero-order valence-electron chi connectivity index (χ0n) is 10.7. The van der Waals surface area contributed by atoms with E-state index in [2.05, 4.69) is 10.1 Å². The van der Waals surface area contributed by atoms with Crippen molar-refractivity contribution < 1.29 is 13.3 Å². The second kappa shape index (κ2) is 5.42. The number of alkyl halides is 1. The van der Waals surface area contributed by atoms with Gasteiger partial charge in [-0.2, -0.15) is 10.2 Å². The molecule has 21 heavy (non-hydrogen) atoms. The van der Waals surface area contributed by atoms with Crippen molar-refractivity contribution in [1.29, 1.82) is 5.26 Å². The van der Waals surface area contributed by atoms with Crippen molar-refractivity contribution in [3.63, 3.8) is 0 Å². The van der Waals surface area contributed by atoms with Crippen LogP contribution in [0.15, 0.2) is 29.4 Å². The number of hydrogen-bond donors (Lipinski definition) is 0. The fourth-order valence-corrected chi connectivity index (χ4v) is 2.99. The second-order valence-corrected chi connectivity index (χ2v) is 5.96. The Kier molecular flexibility index (Phi) is 3.61. The maximum Gasteiger partial charge on any atom is 0.362 e. The minimum atomic E-state index is -1.68. The van der Waals surface area contributed by atoms with Gasteiger partial charge in [-0.3, -0.25) is 0 Å². The van der Waals surface area contributed by atoms with E-state index < -0.39 is 29.2 Å². The van der Waals surface area contributed by atoms with Crippen LogP contribution in [0, 0.1) is 17.1 Å². The zero-order valence-corrected chi connectivity index (χ0v) is 11.6. The van der Waals surface area contributed by atoms with Gasteiger partial charge in [0.1, 0.15) is 11.9 Å². The minimum Gasteiger partial charge on any atom is -0.608 e. The third-order valence-corrected chi connectivity index (χ3v) is 4.25. The molecule has 0 radical (unpaired) electrons. The summed E-state index contributed by atoms with van der Waals surface area (Å²) >= 11 is -1.68. The van der Waals surface area contributed by atoms with Crippen LogP contribution in [-0.2, 0) is 11.2 Å². The standard InChI is InChI=1S/C13H10F2N4OS/c14-9-3-1-2-8(6-9)11-7-10(15)12-17-13(18-19(11)12)21(20)5-4-16/h1-3,6,10-11H,5,7H2/t10-,11-,21-/m0/s1. The molecule has 0 fully saturated rings. The van der Waals surface area contributed by atoms with Crippen LogP contribution in [0.4, 0.5) is 8.78 Å². The highest BCUT2D eigenvalue weighted by atomic mass is 32.2. The molecule has 8 heteroatoms. The Bertz CT molecular complexity index is 714. The molecule has 0 unspecified atom stereocenters. The summed E-state index contributed by atoms with van der Waals surface area (Å²) < 4.78 is 40.4. The summed E-state index contributed by atoms with van der Waals surface area (Å²) in [5.41, 5.74) is 0.582. The van der Waals surface area contributed by atoms with Crippen LogP contribution in [0.5, 0.6) is 0 Å². The highest BCUT2D eigenvalue weighted by Gasteiger charge is 2.37. The van der Waals surface area contributed by atoms with Crippen LogP contribution in [0.2, 0.25) is 0 Å². The first kappa shape index (κ1) is 14.0. The third-order valence-electron chi connectivity index (χ3n) is 3.28. The molecule has 2 aromatic rings. The van der Waals surface area contributed by atoms with Gasteiger partial charge in [0.2, 0.25) is 0 Å². The summed E-state index contributed by atoms with van der Waals surface area (Å²) in [4.78, 5) is 3.92. The SMILES string of the molecule is N#CC[S@+]([O-])c1nc2n(n1)[C@H](c1cccc(F)c1)C[C@@H]2F. The van der Waals surface area contributed by atoms with Crippen molar-refractivity contribution in [3.05, 3.63) is 41.5 Å². The van der Waals surface area contributed by atoms with E-state index in [0.29, 0.717) is 5.56 Å². The number of halogens is 2. The molecule has 3 rings (SSSR count). The van der Waals surface area contributed by atoms with E-state index in [4.69, 9.17) is 5.26 Å². The predicted molar refractivity (Wildman–Crippen MR) is 69.9 cm³/mol. The molecule has 0 saturated carbocycles. The summed E-state index contributed by atoms with van der Waals surface area (Å²) in [6, 6.07) is 7.13. The highest BCUT2D eigenvalue weighted by molar-refractivity contribution is 7.91. The van der Waals surface area contributed by atoms with Crippen molar-refractivity contribution in [1.82, 2.24) is 14.8 Å². The predicted octanol–water partition coefficient (Wildman–Crippen LogP) is 2.05. The fourth-order valence-electron chi connectivity index (χ4n) is 2.37. The first-order valence-electron chi connectivity index (χ1n) is 6.21. The summed E-state index contributed by atoms with van der Waals surface area (Å²) in [5, 5.41) is 12.5. The maximum absolute atomic E-state index is 14.0. The number of rotatable bonds is 3. The first-order chi connectivity index (χ1) is 10.1. The summed E-state index contributed by atoms with van der Waals surface area (Å²) in [6.45, 7) is 0. The maximum atomic E-state index is 14.0. The average Bonchev–Trinajstić information content (AvgIpc) is 3.00. The van der Waals surface area contributed by atoms with Crippen LogP contribution >= 0.6 is 0 Å². The number of fused-ring (bicyclic) bond motifs is 1. The van der Waals surface area contributed by atoms with Crippen molar-refractivity contribution in [2.45, 2.75) is 23.8 Å². The van der Waals surface area contributed by atoms with Crippen LogP contribution < -0.4 is 0 Å². The van der Waals surface area contributed by atoms with E-state index in [1.807, 2.05) is 0 Å². The molecule has 0 saturated heterocycles. The quantitative estimate of drug-likeness (QED) is 0.813. The van der Waals surface area contributed by atoms with Crippen LogP contribution in [0.25, 0.3) is 0 Å². The zero-order chi connectivity index (χ0) is 15.0. The van der Waals surface area contributed by atoms with Crippen LogP contribution in [0.1, 0.15) is 30.0 Å². The monoisotopic (exact) mass is 308 g/mol. The largest absolute Gasteiger partial charge is 0.608 e. The van der Waals surface area contributed by atoms with Crippen molar-refractivity contribution in [2.75, 3.05) is 5.75 Å². The van der Waals surface area contributed by atoms with Crippen molar-refractivity contribution in [2.24, 2.45) is 0 Å². The molecule has 0 amide bonds. The molecule has 5 nitrogen and oxygen atoms in total. The number of hydrogen-bond acceptors (Lipinski definition) is 4. The molecule has 0 bridgehead atoms. The summed E-state index contributed by atoms with van der Waals surface area (Å²) in [5.74, 6) is -0.583. The van der Waals surface area contributed by atoms with Crippen molar-refractivity contribution in [3.8, 4) is 6.07 Å². The van der Waals surface area contributed by atoms with Gasteiger partial charge in [0.05, 0.1) is 6.04 Å². The van der Waals surface area contributed by atoms with E-state index >= 15 is 0 Å². The molecule has 1 aromatic carbocycles. The molecule has 0 spiro atoms. The Morgan fingerprint density at radius 3 is 3.05 bits per heavy atom. The molecular formula is C13H10F2N4OS. The Balaban J connectivity index is 1.97. The van der Waals surface area contributed by atoms with Crippen LogP contribution in [-0.4, -0.2) is 25.1 Å². The third kappa shape index (κ3) is 2.50. The minimum absolute atomic E-state index is 0.0599. The molecule has 108 valence electrons. The van der Waals surface area contributed by atoms with E-state index in [9.17, 15) is 13.3 Å². The number of aromatic nitrogens is 3. The lowest BCUT2D eigenvalue weighted by atomic mass is 10.0. The van der Waals surface area contributed by atoms with E-state index in [1.54, 1.807) is 18.2 Å². The Morgan fingerprint density at radius 1 is 1.52 bits per heavy atom. The Hall–Kier alpha value is -1.98. The Labute approximate surface area is 122 Å². The van der Waals surface area contributed by atoms with Gasteiger partial charge in [0, 0.05) is 17.6 Å². The lowest BCUT2D eigenvalue weighted by Gasteiger charge is -2.11. The van der Waals surface area contributed by atoms with Gasteiger partial charge in [0.15, 0.2) is 17.7 Å². The molecule has 2 heterocycles. The Morgan fingerprint density at radius 2 is 2.33 bits per heavy atom. The van der Waals surface area contributed by atoms with E-state index in [1.165, 1.54) is 16.8 Å². The average molecular weight is 308 g/mol. The summed E-state index contributed by atoms with van der Waals surface area (Å²) in [7, 11) is 0. The van der Waals surface area contributed by atoms with Gasteiger partial charge >= 0.3 is 5.16 Å². The van der Waals surface area contributed by atoms with E-state index in [-0.39, 0.29) is 23.2 Å². The summed E-state index contributed by atoms with van der Waals surface area (Å²) in [6.07, 6.45) is -1.23. The number of nitrogens with zero attached hydrogens (tertiary/aromatic N) is 4. The lowest BCUT2D eigenvalue weighted by molar-refractivity contribution is 0.326. The molecule has 1 aliphatic rings. The normalized spacial score (nSPS) is 21.8. The smallest absolute Gasteiger partial charge is 0.362 e. The molecule has 0 aliphatic carbocycles. The fraction of sp³-hybridized carbons (Fsp3) is 0.308. The highest BCUT2D eigenvalue weighted by Crippen LogP contribution is 2.39. The topological polar surface area (TPSA) is 77.6 Å². The van der Waals surface area contributed by atoms with E-state index in [0.717, 1.165) is 0 Å². The molecule has 1 aromatic heterocycles. The van der Waals surface area contributed by atoms with Gasteiger partial charge in [0.25, 0.3) is 0 Å². The van der Waals surface area contributed by atoms with Gasteiger partial charge in [-0.25, -0.2) is 13.5 Å².